The number of nitrogens with one attached hydrogen (secondary N) is 1. The minimum atomic E-state index is 1.01. The fourth-order valence-electron chi connectivity index (χ4n) is 3.59. The summed E-state index contributed by atoms with van der Waals surface area (Å²) in [5, 5.41) is 4.59. The van der Waals surface area contributed by atoms with Crippen LogP contribution in [0.3, 0.4) is 0 Å². The molecule has 2 aromatic heterocycles. The summed E-state index contributed by atoms with van der Waals surface area (Å²) in [5.41, 5.74) is 8.52. The largest absolute Gasteiger partial charge is 0.384 e. The van der Waals surface area contributed by atoms with Crippen molar-refractivity contribution in [2.24, 2.45) is 0 Å². The Hall–Kier alpha value is -3.20. The van der Waals surface area contributed by atoms with Gasteiger partial charge in [0.25, 0.3) is 0 Å². The number of hydrogen-bond donors (Lipinski definition) is 1. The average Bonchev–Trinajstić information content (AvgIpc) is 3.15. The molecule has 1 N–H and O–H groups in total. The van der Waals surface area contributed by atoms with Gasteiger partial charge in [0.2, 0.25) is 0 Å². The normalized spacial score (nSPS) is 12.8. The number of aromatic nitrogens is 2. The minimum absolute atomic E-state index is 1.01. The minimum Gasteiger partial charge on any atom is -0.384 e. The second kappa shape index (κ2) is 5.71. The van der Waals surface area contributed by atoms with Crippen molar-refractivity contribution < 1.29 is 0 Å². The molecule has 0 unspecified atom stereocenters. The van der Waals surface area contributed by atoms with Crippen molar-refractivity contribution in [2.75, 3.05) is 11.9 Å². The molecule has 0 saturated heterocycles. The highest BCUT2D eigenvalue weighted by molar-refractivity contribution is 5.96. The molecule has 1 aliphatic heterocycles. The number of fused-ring (bicyclic) bond motifs is 2. The summed E-state index contributed by atoms with van der Waals surface area (Å²) in [4.78, 5) is 8.66. The van der Waals surface area contributed by atoms with E-state index in [1.165, 1.54) is 33.3 Å². The molecular weight excluding hydrogens is 306 g/mol. The van der Waals surface area contributed by atoms with E-state index in [4.69, 9.17) is 0 Å². The van der Waals surface area contributed by atoms with E-state index in [1.54, 1.807) is 0 Å². The lowest BCUT2D eigenvalue weighted by molar-refractivity contribution is 1.11. The molecule has 0 atom stereocenters. The second-order valence-electron chi connectivity index (χ2n) is 6.38. The summed E-state index contributed by atoms with van der Waals surface area (Å²) in [5.74, 6) is 0. The number of anilines is 1. The number of nitrogens with zero attached hydrogens (tertiary/aromatic N) is 2. The molecule has 0 spiro atoms. The van der Waals surface area contributed by atoms with Gasteiger partial charge in [0.1, 0.15) is 0 Å². The van der Waals surface area contributed by atoms with Gasteiger partial charge in [-0.15, -0.1) is 0 Å². The van der Waals surface area contributed by atoms with Crippen molar-refractivity contribution in [1.29, 1.82) is 0 Å². The Morgan fingerprint density at radius 1 is 0.760 bits per heavy atom. The molecule has 3 heteroatoms. The number of pyridine rings is 2. The first-order valence-electron chi connectivity index (χ1n) is 8.55. The highest BCUT2D eigenvalue weighted by atomic mass is 14.9. The van der Waals surface area contributed by atoms with Crippen LogP contribution in [-0.4, -0.2) is 16.5 Å². The van der Waals surface area contributed by atoms with Crippen LogP contribution >= 0.6 is 0 Å². The third kappa shape index (κ3) is 2.45. The van der Waals surface area contributed by atoms with Crippen LogP contribution in [0.5, 0.6) is 0 Å². The number of rotatable bonds is 2. The standard InChI is InChI=1S/C22H17N3/c1-3-21-18(7-11-24-21)13-16(1)17-2-4-22-20(14-17)19(8-12-25-22)15-5-9-23-10-6-15/h1-6,8-10,12-14,24H,7,11H2. The molecule has 1 aliphatic rings. The Morgan fingerprint density at radius 2 is 1.60 bits per heavy atom. The Balaban J connectivity index is 1.68. The molecule has 0 bridgehead atoms. The van der Waals surface area contributed by atoms with Gasteiger partial charge in [-0.1, -0.05) is 12.1 Å². The van der Waals surface area contributed by atoms with Crippen molar-refractivity contribution in [3.63, 3.8) is 0 Å². The van der Waals surface area contributed by atoms with Gasteiger partial charge in [-0.2, -0.15) is 0 Å². The Bertz CT molecular complexity index is 1070. The smallest absolute Gasteiger partial charge is 0.0708 e. The van der Waals surface area contributed by atoms with Crippen LogP contribution < -0.4 is 5.32 Å². The maximum absolute atomic E-state index is 4.53. The summed E-state index contributed by atoms with van der Waals surface area (Å²) in [6.45, 7) is 1.03. The molecule has 3 nitrogen and oxygen atoms in total. The SMILES string of the molecule is c1cc(-c2ccnc3ccc(-c4ccc5c(c4)CCN5)cc23)ccn1. The quantitative estimate of drug-likeness (QED) is 0.568. The first-order valence-corrected chi connectivity index (χ1v) is 8.55. The first-order chi connectivity index (χ1) is 12.4. The third-order valence-electron chi connectivity index (χ3n) is 4.88. The predicted octanol–water partition coefficient (Wildman–Crippen LogP) is 4.93. The molecule has 25 heavy (non-hydrogen) atoms. The molecule has 4 aromatic rings. The summed E-state index contributed by atoms with van der Waals surface area (Å²) in [6, 6.07) is 19.4. The molecule has 0 amide bonds. The van der Waals surface area contributed by atoms with E-state index in [0.717, 1.165) is 24.0 Å². The van der Waals surface area contributed by atoms with E-state index >= 15 is 0 Å². The van der Waals surface area contributed by atoms with Gasteiger partial charge in [0.05, 0.1) is 5.52 Å². The van der Waals surface area contributed by atoms with Gasteiger partial charge in [0.15, 0.2) is 0 Å². The van der Waals surface area contributed by atoms with Crippen LogP contribution in [0.25, 0.3) is 33.2 Å². The highest BCUT2D eigenvalue weighted by Crippen LogP contribution is 2.33. The van der Waals surface area contributed by atoms with Gasteiger partial charge < -0.3 is 5.32 Å². The molecular formula is C22H17N3. The zero-order valence-corrected chi connectivity index (χ0v) is 13.7. The maximum atomic E-state index is 4.53. The molecule has 0 radical (unpaired) electrons. The summed E-state index contributed by atoms with van der Waals surface area (Å²) in [6.07, 6.45) is 6.64. The second-order valence-corrected chi connectivity index (χ2v) is 6.38. The van der Waals surface area contributed by atoms with Crippen LogP contribution in [0.1, 0.15) is 5.56 Å². The van der Waals surface area contributed by atoms with Gasteiger partial charge >= 0.3 is 0 Å². The maximum Gasteiger partial charge on any atom is 0.0708 e. The van der Waals surface area contributed by atoms with Gasteiger partial charge in [-0.25, -0.2) is 0 Å². The van der Waals surface area contributed by atoms with E-state index in [2.05, 4.69) is 57.7 Å². The highest BCUT2D eigenvalue weighted by Gasteiger charge is 2.12. The van der Waals surface area contributed by atoms with Crippen LogP contribution in [0.4, 0.5) is 5.69 Å². The molecule has 0 fully saturated rings. The summed E-state index contributed by atoms with van der Waals surface area (Å²) >= 11 is 0. The van der Waals surface area contributed by atoms with Gasteiger partial charge in [-0.3, -0.25) is 9.97 Å². The third-order valence-corrected chi connectivity index (χ3v) is 4.88. The molecule has 0 saturated carbocycles. The van der Waals surface area contributed by atoms with Crippen molar-refractivity contribution in [2.45, 2.75) is 6.42 Å². The van der Waals surface area contributed by atoms with Gasteiger partial charge in [-0.05, 0) is 76.7 Å². The Kier molecular flexibility index (Phi) is 3.23. The van der Waals surface area contributed by atoms with Crippen molar-refractivity contribution in [3.8, 4) is 22.3 Å². The topological polar surface area (TPSA) is 37.8 Å². The molecule has 0 aliphatic carbocycles. The van der Waals surface area contributed by atoms with Crippen molar-refractivity contribution in [3.05, 3.63) is 78.8 Å². The molecule has 120 valence electrons. The van der Waals surface area contributed by atoms with Crippen LogP contribution in [0, 0.1) is 0 Å². The van der Waals surface area contributed by atoms with Crippen LogP contribution in [-0.2, 0) is 6.42 Å². The zero-order valence-electron chi connectivity index (χ0n) is 13.7. The predicted molar refractivity (Wildman–Crippen MR) is 103 cm³/mol. The fourth-order valence-corrected chi connectivity index (χ4v) is 3.59. The zero-order chi connectivity index (χ0) is 16.6. The van der Waals surface area contributed by atoms with E-state index in [9.17, 15) is 0 Å². The van der Waals surface area contributed by atoms with E-state index < -0.39 is 0 Å². The molecule has 2 aromatic carbocycles. The van der Waals surface area contributed by atoms with E-state index in [0.29, 0.717) is 0 Å². The Morgan fingerprint density at radius 3 is 2.52 bits per heavy atom. The average molecular weight is 323 g/mol. The monoisotopic (exact) mass is 323 g/mol. The van der Waals surface area contributed by atoms with Crippen molar-refractivity contribution in [1.82, 2.24) is 9.97 Å². The molecule has 5 rings (SSSR count). The number of hydrogen-bond acceptors (Lipinski definition) is 3. The Labute approximate surface area is 146 Å². The summed E-state index contributed by atoms with van der Waals surface area (Å²) < 4.78 is 0. The lowest BCUT2D eigenvalue weighted by atomic mass is 9.96. The first kappa shape index (κ1) is 14.2. The lowest BCUT2D eigenvalue weighted by Gasteiger charge is -2.10. The number of benzene rings is 2. The summed E-state index contributed by atoms with van der Waals surface area (Å²) in [7, 11) is 0. The molecule has 3 heterocycles. The van der Waals surface area contributed by atoms with E-state index in [-0.39, 0.29) is 0 Å². The van der Waals surface area contributed by atoms with E-state index in [1.807, 2.05) is 30.7 Å². The van der Waals surface area contributed by atoms with Crippen molar-refractivity contribution >= 4 is 16.6 Å². The van der Waals surface area contributed by atoms with Crippen LogP contribution in [0.2, 0.25) is 0 Å². The fraction of sp³-hybridized carbons (Fsp3) is 0.0909. The van der Waals surface area contributed by atoms with Crippen LogP contribution in [0.15, 0.2) is 73.2 Å². The van der Waals surface area contributed by atoms with Gasteiger partial charge in [0, 0.05) is 36.2 Å². The lowest BCUT2D eigenvalue weighted by Crippen LogP contribution is -1.90.